The van der Waals surface area contributed by atoms with Gasteiger partial charge < -0.3 is 5.32 Å². The summed E-state index contributed by atoms with van der Waals surface area (Å²) in [7, 11) is 0. The summed E-state index contributed by atoms with van der Waals surface area (Å²) in [6.07, 6.45) is 4.68. The maximum absolute atomic E-state index is 12.0. The van der Waals surface area contributed by atoms with Gasteiger partial charge in [-0.15, -0.1) is 0 Å². The molecule has 0 aliphatic heterocycles. The Labute approximate surface area is 142 Å². The van der Waals surface area contributed by atoms with Gasteiger partial charge in [0, 0.05) is 18.4 Å². The number of carbonyl (C=O) groups excluding carboxylic acids is 1. The number of aromatic nitrogens is 2. The summed E-state index contributed by atoms with van der Waals surface area (Å²) in [4.78, 5) is 16.4. The van der Waals surface area contributed by atoms with Gasteiger partial charge in [0.1, 0.15) is 0 Å². The molecule has 0 radical (unpaired) electrons. The van der Waals surface area contributed by atoms with Crippen LogP contribution in [0.4, 0.5) is 0 Å². The van der Waals surface area contributed by atoms with E-state index in [9.17, 15) is 4.79 Å². The van der Waals surface area contributed by atoms with E-state index in [2.05, 4.69) is 53.8 Å². The number of nitrogens with zero attached hydrogens (tertiary/aromatic N) is 2. The van der Waals surface area contributed by atoms with E-state index in [4.69, 9.17) is 0 Å². The third-order valence-corrected chi connectivity index (χ3v) is 4.74. The van der Waals surface area contributed by atoms with Crippen LogP contribution in [0, 0.1) is 0 Å². The fraction of sp³-hybridized carbons (Fsp3) is 0.444. The first-order chi connectivity index (χ1) is 11.0. The smallest absolute Gasteiger partial charge is 0.230 e. The number of thioether (sulfide) groups is 1. The highest BCUT2D eigenvalue weighted by atomic mass is 32.2. The molecule has 124 valence electrons. The number of imidazole rings is 1. The molecule has 0 aliphatic rings. The molecule has 1 aromatic carbocycles. The van der Waals surface area contributed by atoms with Crippen molar-refractivity contribution in [3.63, 3.8) is 0 Å². The highest BCUT2D eigenvalue weighted by Crippen LogP contribution is 2.27. The van der Waals surface area contributed by atoms with Gasteiger partial charge in [-0.05, 0) is 30.9 Å². The summed E-state index contributed by atoms with van der Waals surface area (Å²) >= 11 is 1.47. The molecule has 1 amide bonds. The summed E-state index contributed by atoms with van der Waals surface area (Å²) in [5.74, 6) is 0.863. The lowest BCUT2D eigenvalue weighted by atomic mass is 10.0. The van der Waals surface area contributed by atoms with Crippen molar-refractivity contribution in [2.45, 2.75) is 51.2 Å². The van der Waals surface area contributed by atoms with Gasteiger partial charge in [-0.3, -0.25) is 9.36 Å². The van der Waals surface area contributed by atoms with Crippen molar-refractivity contribution in [3.05, 3.63) is 42.2 Å². The molecule has 1 heterocycles. The number of rotatable bonds is 7. The van der Waals surface area contributed by atoms with Crippen molar-refractivity contribution in [1.29, 1.82) is 0 Å². The van der Waals surface area contributed by atoms with Gasteiger partial charge >= 0.3 is 0 Å². The molecule has 1 N–H and O–H groups in total. The molecule has 5 heteroatoms. The van der Waals surface area contributed by atoms with Crippen molar-refractivity contribution < 1.29 is 4.79 Å². The summed E-state index contributed by atoms with van der Waals surface area (Å²) in [6, 6.07) is 8.54. The Bertz CT molecular complexity index is 651. The fourth-order valence-corrected chi connectivity index (χ4v) is 3.10. The van der Waals surface area contributed by atoms with Gasteiger partial charge in [-0.1, -0.05) is 50.7 Å². The second kappa shape index (κ2) is 8.20. The van der Waals surface area contributed by atoms with E-state index in [1.165, 1.54) is 17.3 Å². The van der Waals surface area contributed by atoms with Crippen molar-refractivity contribution in [2.75, 3.05) is 5.75 Å². The molecule has 1 atom stereocenters. The number of para-hydroxylation sites is 1. The van der Waals surface area contributed by atoms with Crippen LogP contribution in [0.5, 0.6) is 0 Å². The molecule has 23 heavy (non-hydrogen) atoms. The zero-order valence-corrected chi connectivity index (χ0v) is 15.1. The van der Waals surface area contributed by atoms with Gasteiger partial charge in [0.2, 0.25) is 5.91 Å². The van der Waals surface area contributed by atoms with Gasteiger partial charge in [-0.25, -0.2) is 4.98 Å². The fourth-order valence-electron chi connectivity index (χ4n) is 2.32. The third-order valence-electron chi connectivity index (χ3n) is 3.78. The molecule has 0 aliphatic carbocycles. The first-order valence-corrected chi connectivity index (χ1v) is 9.06. The number of amides is 1. The van der Waals surface area contributed by atoms with Crippen molar-refractivity contribution >= 4 is 17.7 Å². The Morgan fingerprint density at radius 1 is 1.30 bits per heavy atom. The quantitative estimate of drug-likeness (QED) is 0.780. The minimum absolute atomic E-state index is 0.0519. The van der Waals surface area contributed by atoms with Crippen LogP contribution in [0.25, 0.3) is 5.69 Å². The molecule has 1 unspecified atom stereocenters. The van der Waals surface area contributed by atoms with E-state index in [-0.39, 0.29) is 11.9 Å². The lowest BCUT2D eigenvalue weighted by molar-refractivity contribution is -0.119. The summed E-state index contributed by atoms with van der Waals surface area (Å²) in [6.45, 7) is 8.44. The van der Waals surface area contributed by atoms with Crippen LogP contribution in [0.2, 0.25) is 0 Å². The number of carbonyl (C=O) groups is 1. The molecular formula is C18H25N3OS. The minimum Gasteiger partial charge on any atom is -0.353 e. The Morgan fingerprint density at radius 2 is 2.04 bits per heavy atom. The van der Waals surface area contributed by atoms with E-state index in [0.29, 0.717) is 11.7 Å². The Morgan fingerprint density at radius 3 is 2.74 bits per heavy atom. The van der Waals surface area contributed by atoms with E-state index in [1.807, 2.05) is 19.2 Å². The second-order valence-corrected chi connectivity index (χ2v) is 6.90. The molecule has 0 bridgehead atoms. The van der Waals surface area contributed by atoms with Crippen LogP contribution in [0.3, 0.4) is 0 Å². The zero-order chi connectivity index (χ0) is 16.8. The molecule has 2 aromatic rings. The Hall–Kier alpha value is -1.75. The zero-order valence-electron chi connectivity index (χ0n) is 14.2. The molecule has 1 aromatic heterocycles. The Balaban J connectivity index is 2.13. The van der Waals surface area contributed by atoms with Gasteiger partial charge in [0.25, 0.3) is 0 Å². The van der Waals surface area contributed by atoms with Crippen LogP contribution in [0.15, 0.2) is 41.8 Å². The monoisotopic (exact) mass is 331 g/mol. The summed E-state index contributed by atoms with van der Waals surface area (Å²) < 4.78 is 2.07. The average molecular weight is 331 g/mol. The summed E-state index contributed by atoms with van der Waals surface area (Å²) in [5.41, 5.74) is 2.40. The largest absolute Gasteiger partial charge is 0.353 e. The molecule has 2 rings (SSSR count). The van der Waals surface area contributed by atoms with Crippen LogP contribution in [0.1, 0.15) is 45.6 Å². The lowest BCUT2D eigenvalue weighted by Gasteiger charge is -2.15. The predicted octanol–water partition coefficient (Wildman–Crippen LogP) is 4.00. The molecule has 0 saturated heterocycles. The van der Waals surface area contributed by atoms with E-state index < -0.39 is 0 Å². The van der Waals surface area contributed by atoms with Gasteiger partial charge in [0.05, 0.1) is 11.4 Å². The molecular weight excluding hydrogens is 306 g/mol. The van der Waals surface area contributed by atoms with Crippen LogP contribution in [-0.2, 0) is 4.79 Å². The highest BCUT2D eigenvalue weighted by Gasteiger charge is 2.13. The highest BCUT2D eigenvalue weighted by molar-refractivity contribution is 7.99. The first-order valence-electron chi connectivity index (χ1n) is 8.07. The molecule has 4 nitrogen and oxygen atoms in total. The molecule has 0 spiro atoms. The maximum Gasteiger partial charge on any atom is 0.230 e. The number of hydrogen-bond acceptors (Lipinski definition) is 3. The third kappa shape index (κ3) is 4.61. The van der Waals surface area contributed by atoms with E-state index >= 15 is 0 Å². The van der Waals surface area contributed by atoms with Crippen molar-refractivity contribution in [1.82, 2.24) is 14.9 Å². The number of nitrogens with one attached hydrogen (secondary N) is 1. The SMILES string of the molecule is CCC(C)NC(=O)CSc1nccn1-c1ccccc1C(C)C. The van der Waals surface area contributed by atoms with Crippen molar-refractivity contribution in [3.8, 4) is 5.69 Å². The van der Waals surface area contributed by atoms with Crippen LogP contribution < -0.4 is 5.32 Å². The molecule has 0 saturated carbocycles. The van der Waals surface area contributed by atoms with Gasteiger partial charge in [-0.2, -0.15) is 0 Å². The predicted molar refractivity (Wildman–Crippen MR) is 96.3 cm³/mol. The lowest BCUT2D eigenvalue weighted by Crippen LogP contribution is -2.33. The summed E-state index contributed by atoms with van der Waals surface area (Å²) in [5, 5.41) is 3.83. The van der Waals surface area contributed by atoms with Gasteiger partial charge in [0.15, 0.2) is 5.16 Å². The normalized spacial score (nSPS) is 12.4. The first kappa shape index (κ1) is 17.6. The average Bonchev–Trinajstić information content (AvgIpc) is 3.01. The van der Waals surface area contributed by atoms with Crippen LogP contribution >= 0.6 is 11.8 Å². The number of benzene rings is 1. The van der Waals surface area contributed by atoms with E-state index in [0.717, 1.165) is 17.3 Å². The Kier molecular flexibility index (Phi) is 6.28. The topological polar surface area (TPSA) is 46.9 Å². The standard InChI is InChI=1S/C18H25N3OS/c1-5-14(4)20-17(22)12-23-18-19-10-11-21(18)16-9-7-6-8-15(16)13(2)3/h6-11,13-14H,5,12H2,1-4H3,(H,20,22). The maximum atomic E-state index is 12.0. The molecule has 0 fully saturated rings. The second-order valence-electron chi connectivity index (χ2n) is 5.96. The van der Waals surface area contributed by atoms with Crippen molar-refractivity contribution in [2.24, 2.45) is 0 Å². The number of hydrogen-bond donors (Lipinski definition) is 1. The minimum atomic E-state index is 0.0519. The van der Waals surface area contributed by atoms with Crippen LogP contribution in [-0.4, -0.2) is 27.3 Å². The van der Waals surface area contributed by atoms with E-state index in [1.54, 1.807) is 6.20 Å².